The molecule has 2 amide bonds. The molecule has 9 nitrogen and oxygen atoms in total. The van der Waals surface area contributed by atoms with Crippen LogP contribution in [-0.4, -0.2) is 78.0 Å². The number of aliphatic hydroxyl groups excluding tert-OH is 1. The zero-order chi connectivity index (χ0) is 25.4. The van der Waals surface area contributed by atoms with Crippen molar-refractivity contribution in [2.75, 3.05) is 44.9 Å². The zero-order valence-corrected chi connectivity index (χ0v) is 20.5. The van der Waals surface area contributed by atoms with Crippen LogP contribution < -0.4 is 10.2 Å². The summed E-state index contributed by atoms with van der Waals surface area (Å²) in [6, 6.07) is 15.5. The Morgan fingerprint density at radius 1 is 1.17 bits per heavy atom. The van der Waals surface area contributed by atoms with Crippen LogP contribution in [0.15, 0.2) is 60.9 Å². The first kappa shape index (κ1) is 25.6. The highest BCUT2D eigenvalue weighted by molar-refractivity contribution is 5.95. The highest BCUT2D eigenvalue weighted by atomic mass is 16.5. The van der Waals surface area contributed by atoms with E-state index in [2.05, 4.69) is 15.5 Å². The summed E-state index contributed by atoms with van der Waals surface area (Å²) in [7, 11) is 1.80. The van der Waals surface area contributed by atoms with Crippen LogP contribution >= 0.6 is 0 Å². The molecule has 0 unspecified atom stereocenters. The minimum Gasteiger partial charge on any atom is -0.395 e. The number of amides is 2. The molecule has 0 aliphatic carbocycles. The Morgan fingerprint density at radius 3 is 2.56 bits per heavy atom. The van der Waals surface area contributed by atoms with Crippen molar-refractivity contribution in [1.29, 1.82) is 0 Å². The molecule has 190 valence electrons. The smallest absolute Gasteiger partial charge is 0.325 e. The summed E-state index contributed by atoms with van der Waals surface area (Å²) in [6.45, 7) is 3.32. The maximum absolute atomic E-state index is 13.6. The van der Waals surface area contributed by atoms with Gasteiger partial charge < -0.3 is 20.1 Å². The van der Waals surface area contributed by atoms with Crippen LogP contribution in [0, 0.1) is 0 Å². The van der Waals surface area contributed by atoms with E-state index in [4.69, 9.17) is 9.84 Å². The van der Waals surface area contributed by atoms with Crippen molar-refractivity contribution < 1.29 is 19.4 Å². The van der Waals surface area contributed by atoms with Crippen LogP contribution in [0.3, 0.4) is 0 Å². The summed E-state index contributed by atoms with van der Waals surface area (Å²) < 4.78 is 5.61. The molecule has 2 aromatic carbocycles. The summed E-state index contributed by atoms with van der Waals surface area (Å²) in [5.74, 6) is 0. The normalized spacial score (nSPS) is 16.7. The van der Waals surface area contributed by atoms with Crippen molar-refractivity contribution >= 4 is 18.0 Å². The van der Waals surface area contributed by atoms with E-state index in [-0.39, 0.29) is 18.2 Å². The van der Waals surface area contributed by atoms with Gasteiger partial charge in [-0.15, -0.1) is 0 Å². The van der Waals surface area contributed by atoms with Crippen molar-refractivity contribution in [1.82, 2.24) is 20.4 Å². The van der Waals surface area contributed by atoms with Gasteiger partial charge in [0.25, 0.3) is 0 Å². The summed E-state index contributed by atoms with van der Waals surface area (Å²) in [5, 5.41) is 17.6. The second kappa shape index (κ2) is 11.9. The van der Waals surface area contributed by atoms with Crippen LogP contribution in [0.25, 0.3) is 11.1 Å². The highest BCUT2D eigenvalue weighted by Crippen LogP contribution is 2.39. The molecule has 0 bridgehead atoms. The Labute approximate surface area is 211 Å². The molecule has 3 N–H and O–H groups in total. The number of aromatic amines is 1. The average molecular weight is 492 g/mol. The number of likely N-dealkylation sites (N-methyl/N-ethyl adjacent to an activating group) is 1. The number of anilines is 1. The molecule has 0 atom stereocenters. The van der Waals surface area contributed by atoms with E-state index in [1.165, 1.54) is 0 Å². The number of H-pyrrole nitrogens is 1. The van der Waals surface area contributed by atoms with E-state index in [1.807, 2.05) is 58.5 Å². The number of urea groups is 1. The van der Waals surface area contributed by atoms with Crippen molar-refractivity contribution in [2.24, 2.45) is 0 Å². The zero-order valence-electron chi connectivity index (χ0n) is 20.5. The molecule has 2 aliphatic heterocycles. The van der Waals surface area contributed by atoms with Crippen molar-refractivity contribution in [3.8, 4) is 11.1 Å². The quantitative estimate of drug-likeness (QED) is 0.438. The van der Waals surface area contributed by atoms with Gasteiger partial charge in [0.15, 0.2) is 0 Å². The van der Waals surface area contributed by atoms with Gasteiger partial charge >= 0.3 is 6.03 Å². The van der Waals surface area contributed by atoms with Crippen LogP contribution in [0.1, 0.15) is 28.8 Å². The number of carbonyl (C=O) groups excluding carboxylic acids is 2. The standard InChI is InChI=1S/C24H24N4O3.C3H9NO/c29-16-19-3-1-2-18(12-19)15-28-23(30)27(17-24(28)8-10-31-11-9-24)22-6-4-20(5-7-22)21-13-25-26-14-21;1-4-2-3-5/h1-7,12-14,16H,8-11,15,17H2,(H,25,26);4-5H,2-3H2,1H3. The fraction of sp³-hybridized carbons (Fsp3) is 0.370. The first-order valence-corrected chi connectivity index (χ1v) is 12.2. The molecule has 0 saturated carbocycles. The molecular formula is C27H33N5O4. The molecule has 2 fully saturated rings. The molecule has 0 radical (unpaired) electrons. The molecule has 2 aliphatic rings. The molecule has 1 aromatic heterocycles. The summed E-state index contributed by atoms with van der Waals surface area (Å²) >= 11 is 0. The maximum Gasteiger partial charge on any atom is 0.325 e. The van der Waals surface area contributed by atoms with Gasteiger partial charge in [0.05, 0.1) is 24.9 Å². The molecule has 3 heterocycles. The van der Waals surface area contributed by atoms with Crippen LogP contribution in [-0.2, 0) is 11.3 Å². The van der Waals surface area contributed by atoms with E-state index >= 15 is 0 Å². The van der Waals surface area contributed by atoms with Crippen LogP contribution in [0.4, 0.5) is 10.5 Å². The lowest BCUT2D eigenvalue weighted by atomic mass is 9.88. The summed E-state index contributed by atoms with van der Waals surface area (Å²) in [4.78, 5) is 28.6. The monoisotopic (exact) mass is 491 g/mol. The Kier molecular flexibility index (Phi) is 8.48. The number of hydrogen-bond acceptors (Lipinski definition) is 6. The van der Waals surface area contributed by atoms with Gasteiger partial charge in [0.2, 0.25) is 0 Å². The fourth-order valence-corrected chi connectivity index (χ4v) is 4.71. The van der Waals surface area contributed by atoms with Gasteiger partial charge in [-0.1, -0.05) is 30.3 Å². The van der Waals surface area contributed by atoms with Gasteiger partial charge in [-0.3, -0.25) is 14.8 Å². The number of benzene rings is 2. The third kappa shape index (κ3) is 5.64. The summed E-state index contributed by atoms with van der Waals surface area (Å²) in [5.41, 5.74) is 4.25. The lowest BCUT2D eigenvalue weighted by molar-refractivity contribution is 0.00611. The Bertz CT molecular complexity index is 1130. The van der Waals surface area contributed by atoms with E-state index in [0.29, 0.717) is 38.4 Å². The number of aliphatic hydroxyl groups is 1. The van der Waals surface area contributed by atoms with Gasteiger partial charge in [0, 0.05) is 49.3 Å². The third-order valence-electron chi connectivity index (χ3n) is 6.71. The average Bonchev–Trinajstić information content (AvgIpc) is 3.54. The number of nitrogens with one attached hydrogen (secondary N) is 2. The van der Waals surface area contributed by atoms with Gasteiger partial charge in [0.1, 0.15) is 6.29 Å². The van der Waals surface area contributed by atoms with E-state index in [0.717, 1.165) is 41.5 Å². The number of aldehydes is 1. The van der Waals surface area contributed by atoms with Gasteiger partial charge in [-0.25, -0.2) is 4.79 Å². The third-order valence-corrected chi connectivity index (χ3v) is 6.71. The second-order valence-corrected chi connectivity index (χ2v) is 9.02. The number of aromatic nitrogens is 2. The minimum atomic E-state index is -0.268. The van der Waals surface area contributed by atoms with Crippen LogP contribution in [0.2, 0.25) is 0 Å². The van der Waals surface area contributed by atoms with E-state index < -0.39 is 0 Å². The Hall–Kier alpha value is -3.53. The van der Waals surface area contributed by atoms with E-state index in [1.54, 1.807) is 19.3 Å². The maximum atomic E-state index is 13.6. The number of hydrogen-bond donors (Lipinski definition) is 3. The Balaban J connectivity index is 0.000000556. The lowest BCUT2D eigenvalue weighted by Gasteiger charge is -2.40. The number of carbonyl (C=O) groups is 2. The van der Waals surface area contributed by atoms with Crippen molar-refractivity contribution in [3.63, 3.8) is 0 Å². The van der Waals surface area contributed by atoms with Gasteiger partial charge in [-0.2, -0.15) is 5.10 Å². The summed E-state index contributed by atoms with van der Waals surface area (Å²) in [6.07, 6.45) is 6.07. The molecule has 2 saturated heterocycles. The topological polar surface area (TPSA) is 111 Å². The molecule has 9 heteroatoms. The number of ether oxygens (including phenoxy) is 1. The first-order chi connectivity index (χ1) is 17.6. The molecule has 36 heavy (non-hydrogen) atoms. The largest absolute Gasteiger partial charge is 0.395 e. The predicted octanol–water partition coefficient (Wildman–Crippen LogP) is 3.08. The highest BCUT2D eigenvalue weighted by Gasteiger charge is 2.50. The predicted molar refractivity (Wildman–Crippen MR) is 138 cm³/mol. The Morgan fingerprint density at radius 2 is 1.94 bits per heavy atom. The van der Waals surface area contributed by atoms with Crippen molar-refractivity contribution in [2.45, 2.75) is 24.9 Å². The lowest BCUT2D eigenvalue weighted by Crippen LogP contribution is -2.50. The van der Waals surface area contributed by atoms with Crippen LogP contribution in [0.5, 0.6) is 0 Å². The molecular weight excluding hydrogens is 458 g/mol. The molecule has 5 rings (SSSR count). The van der Waals surface area contributed by atoms with Gasteiger partial charge in [-0.05, 0) is 49.2 Å². The number of rotatable bonds is 7. The molecule has 1 spiro atoms. The SMILES string of the molecule is CNCCO.O=Cc1cccc(CN2C(=O)N(c3ccc(-c4cn[nH]c4)cc3)CC23CCOCC3)c1. The fourth-order valence-electron chi connectivity index (χ4n) is 4.71. The minimum absolute atomic E-state index is 0.00512. The molecule has 3 aromatic rings. The second-order valence-electron chi connectivity index (χ2n) is 9.02. The first-order valence-electron chi connectivity index (χ1n) is 12.2. The number of nitrogens with zero attached hydrogens (tertiary/aromatic N) is 3. The van der Waals surface area contributed by atoms with E-state index in [9.17, 15) is 9.59 Å². The van der Waals surface area contributed by atoms with Crippen molar-refractivity contribution in [3.05, 3.63) is 72.1 Å².